The number of nitrogens with zero attached hydrogens (tertiary/aromatic N) is 5. The van der Waals surface area contributed by atoms with E-state index in [0.717, 1.165) is 27.6 Å². The Morgan fingerprint density at radius 1 is 1.11 bits per heavy atom. The van der Waals surface area contributed by atoms with Crippen LogP contribution in [0.1, 0.15) is 42.9 Å². The fourth-order valence-corrected chi connectivity index (χ4v) is 4.35. The zero-order chi connectivity index (χ0) is 18.1. The summed E-state index contributed by atoms with van der Waals surface area (Å²) in [6.45, 7) is 0.398. The van der Waals surface area contributed by atoms with Gasteiger partial charge in [0, 0.05) is 11.8 Å². The van der Waals surface area contributed by atoms with Crippen LogP contribution >= 0.6 is 11.3 Å². The molecule has 27 heavy (non-hydrogen) atoms. The molecule has 0 atom stereocenters. The highest BCUT2D eigenvalue weighted by molar-refractivity contribution is 7.13. The monoisotopic (exact) mass is 377 g/mol. The second-order valence-corrected chi connectivity index (χ2v) is 7.71. The van der Waals surface area contributed by atoms with Gasteiger partial charge in [0.1, 0.15) is 6.61 Å². The zero-order valence-electron chi connectivity index (χ0n) is 14.8. The molecule has 5 rings (SSSR count). The highest BCUT2D eigenvalue weighted by atomic mass is 32.1. The van der Waals surface area contributed by atoms with E-state index in [0.29, 0.717) is 18.4 Å². The number of aromatic nitrogens is 5. The lowest BCUT2D eigenvalue weighted by molar-refractivity contribution is 0.279. The van der Waals surface area contributed by atoms with E-state index >= 15 is 0 Å². The van der Waals surface area contributed by atoms with Crippen molar-refractivity contribution in [1.82, 2.24) is 24.8 Å². The highest BCUT2D eigenvalue weighted by Crippen LogP contribution is 2.39. The number of thiophene rings is 1. The average molecular weight is 377 g/mol. The van der Waals surface area contributed by atoms with Crippen LogP contribution in [0.2, 0.25) is 0 Å². The summed E-state index contributed by atoms with van der Waals surface area (Å²) in [7, 11) is 0. The molecule has 6 nitrogen and oxygen atoms in total. The van der Waals surface area contributed by atoms with Crippen molar-refractivity contribution >= 4 is 17.0 Å². The van der Waals surface area contributed by atoms with Crippen LogP contribution in [0.25, 0.3) is 16.3 Å². The molecule has 7 heteroatoms. The van der Waals surface area contributed by atoms with Gasteiger partial charge in [-0.3, -0.25) is 4.98 Å². The molecule has 1 saturated carbocycles. The SMILES string of the molecule is c1ccc(COc2nn3c(-c4cccs4)nnc3cc2C2CCCC2)nc1. The zero-order valence-corrected chi connectivity index (χ0v) is 15.6. The highest BCUT2D eigenvalue weighted by Gasteiger charge is 2.24. The van der Waals surface area contributed by atoms with Gasteiger partial charge in [-0.2, -0.15) is 4.52 Å². The van der Waals surface area contributed by atoms with Gasteiger partial charge in [-0.1, -0.05) is 25.0 Å². The van der Waals surface area contributed by atoms with E-state index in [2.05, 4.69) is 21.2 Å². The summed E-state index contributed by atoms with van der Waals surface area (Å²) in [5.74, 6) is 1.89. The minimum absolute atomic E-state index is 0.398. The number of fused-ring (bicyclic) bond motifs is 1. The minimum Gasteiger partial charge on any atom is -0.470 e. The maximum absolute atomic E-state index is 6.14. The van der Waals surface area contributed by atoms with E-state index < -0.39 is 0 Å². The second kappa shape index (κ2) is 7.08. The van der Waals surface area contributed by atoms with Crippen molar-refractivity contribution in [3.63, 3.8) is 0 Å². The van der Waals surface area contributed by atoms with Crippen LogP contribution in [0.3, 0.4) is 0 Å². The van der Waals surface area contributed by atoms with Crippen molar-refractivity contribution in [2.75, 3.05) is 0 Å². The Morgan fingerprint density at radius 3 is 2.81 bits per heavy atom. The van der Waals surface area contributed by atoms with E-state index in [-0.39, 0.29) is 0 Å². The first kappa shape index (κ1) is 16.4. The predicted molar refractivity (Wildman–Crippen MR) is 104 cm³/mol. The topological polar surface area (TPSA) is 65.2 Å². The van der Waals surface area contributed by atoms with Gasteiger partial charge in [-0.15, -0.1) is 26.6 Å². The summed E-state index contributed by atoms with van der Waals surface area (Å²) in [6.07, 6.45) is 6.63. The Kier molecular flexibility index (Phi) is 4.29. The Bertz CT molecular complexity index is 1040. The van der Waals surface area contributed by atoms with E-state index in [4.69, 9.17) is 9.84 Å². The number of ether oxygens (including phenoxy) is 1. The van der Waals surface area contributed by atoms with Gasteiger partial charge in [0.15, 0.2) is 11.5 Å². The largest absolute Gasteiger partial charge is 0.470 e. The molecule has 4 aromatic rings. The van der Waals surface area contributed by atoms with E-state index in [9.17, 15) is 0 Å². The van der Waals surface area contributed by atoms with Crippen LogP contribution in [0.4, 0.5) is 0 Å². The molecular formula is C20H19N5OS. The fourth-order valence-electron chi connectivity index (χ4n) is 3.66. The lowest BCUT2D eigenvalue weighted by Crippen LogP contribution is -2.08. The van der Waals surface area contributed by atoms with Gasteiger partial charge in [0.05, 0.1) is 10.6 Å². The molecule has 1 aliphatic rings. The molecule has 0 unspecified atom stereocenters. The van der Waals surface area contributed by atoms with Gasteiger partial charge in [0.25, 0.3) is 0 Å². The molecule has 0 aromatic carbocycles. The van der Waals surface area contributed by atoms with Gasteiger partial charge < -0.3 is 4.74 Å². The summed E-state index contributed by atoms with van der Waals surface area (Å²) in [6, 6.07) is 12.0. The Balaban J connectivity index is 1.56. The molecule has 1 fully saturated rings. The molecule has 0 amide bonds. The van der Waals surface area contributed by atoms with Crippen LogP contribution in [0.15, 0.2) is 48.0 Å². The first-order chi connectivity index (χ1) is 13.4. The lowest BCUT2D eigenvalue weighted by atomic mass is 9.99. The first-order valence-electron chi connectivity index (χ1n) is 9.21. The van der Waals surface area contributed by atoms with Crippen LogP contribution in [-0.4, -0.2) is 24.8 Å². The van der Waals surface area contributed by atoms with E-state index in [1.807, 2.05) is 35.7 Å². The fraction of sp³-hybridized carbons (Fsp3) is 0.300. The molecule has 4 heterocycles. The summed E-state index contributed by atoms with van der Waals surface area (Å²) < 4.78 is 7.93. The molecule has 136 valence electrons. The summed E-state index contributed by atoms with van der Waals surface area (Å²) in [4.78, 5) is 5.39. The third kappa shape index (κ3) is 3.19. The molecule has 0 N–H and O–H groups in total. The van der Waals surface area contributed by atoms with Crippen LogP contribution < -0.4 is 4.74 Å². The standard InChI is InChI=1S/C20H19N5OS/c1-2-7-14(6-1)16-12-18-22-23-19(17-9-5-11-27-17)25(18)24-20(16)26-13-15-8-3-4-10-21-15/h3-5,8-12,14H,1-2,6-7,13H2. The van der Waals surface area contributed by atoms with Crippen LogP contribution in [-0.2, 0) is 6.61 Å². The van der Waals surface area contributed by atoms with Gasteiger partial charge >= 0.3 is 0 Å². The Hall–Kier alpha value is -2.80. The molecule has 1 aliphatic carbocycles. The predicted octanol–water partition coefficient (Wildman–Crippen LogP) is 4.48. The molecule has 4 aromatic heterocycles. The molecule has 0 spiro atoms. The van der Waals surface area contributed by atoms with Crippen molar-refractivity contribution in [2.24, 2.45) is 0 Å². The maximum Gasteiger partial charge on any atom is 0.235 e. The van der Waals surface area contributed by atoms with E-state index in [1.54, 1.807) is 22.0 Å². The van der Waals surface area contributed by atoms with Crippen molar-refractivity contribution in [3.8, 4) is 16.6 Å². The van der Waals surface area contributed by atoms with Gasteiger partial charge in [-0.05, 0) is 48.4 Å². The second-order valence-electron chi connectivity index (χ2n) is 6.77. The van der Waals surface area contributed by atoms with Crippen LogP contribution in [0.5, 0.6) is 5.88 Å². The molecule has 0 radical (unpaired) electrons. The summed E-state index contributed by atoms with van der Waals surface area (Å²) >= 11 is 1.63. The van der Waals surface area contributed by atoms with Gasteiger partial charge in [-0.25, -0.2) is 0 Å². The third-order valence-electron chi connectivity index (χ3n) is 5.01. The Morgan fingerprint density at radius 2 is 2.04 bits per heavy atom. The normalized spacial score (nSPS) is 14.8. The van der Waals surface area contributed by atoms with Crippen molar-refractivity contribution in [2.45, 2.75) is 38.2 Å². The number of rotatable bonds is 5. The smallest absolute Gasteiger partial charge is 0.235 e. The maximum atomic E-state index is 6.14. The summed E-state index contributed by atoms with van der Waals surface area (Å²) in [5, 5.41) is 15.5. The summed E-state index contributed by atoms with van der Waals surface area (Å²) in [5.41, 5.74) is 2.80. The number of pyridine rings is 1. The molecule has 0 aliphatic heterocycles. The molecule has 0 saturated heterocycles. The minimum atomic E-state index is 0.398. The van der Waals surface area contributed by atoms with Gasteiger partial charge in [0.2, 0.25) is 5.88 Å². The van der Waals surface area contributed by atoms with E-state index in [1.165, 1.54) is 25.7 Å². The van der Waals surface area contributed by atoms with Crippen LogP contribution in [0, 0.1) is 0 Å². The molecular weight excluding hydrogens is 358 g/mol. The Labute approximate surface area is 160 Å². The lowest BCUT2D eigenvalue weighted by Gasteiger charge is -2.15. The van der Waals surface area contributed by atoms with Crippen molar-refractivity contribution in [1.29, 1.82) is 0 Å². The first-order valence-corrected chi connectivity index (χ1v) is 10.1. The number of hydrogen-bond donors (Lipinski definition) is 0. The molecule has 0 bridgehead atoms. The third-order valence-corrected chi connectivity index (χ3v) is 5.87. The number of hydrogen-bond acceptors (Lipinski definition) is 6. The van der Waals surface area contributed by atoms with Crippen molar-refractivity contribution in [3.05, 3.63) is 59.2 Å². The quantitative estimate of drug-likeness (QED) is 0.513. The average Bonchev–Trinajstić information content (AvgIpc) is 3.47. The van der Waals surface area contributed by atoms with Crippen molar-refractivity contribution < 1.29 is 4.74 Å².